The Labute approximate surface area is 185 Å². The second kappa shape index (κ2) is 10.8. The number of imidazole rings is 1. The van der Waals surface area contributed by atoms with Gasteiger partial charge < -0.3 is 10.2 Å². The highest BCUT2D eigenvalue weighted by molar-refractivity contribution is 14.0. The number of halogens is 1. The molecule has 1 saturated heterocycles. The molecule has 2 aromatic heterocycles. The minimum absolute atomic E-state index is 0. The molecule has 1 N–H and O–H groups in total. The zero-order valence-electron chi connectivity index (χ0n) is 17.4. The molecule has 0 amide bonds. The van der Waals surface area contributed by atoms with Crippen LogP contribution in [0.25, 0.3) is 5.82 Å². The summed E-state index contributed by atoms with van der Waals surface area (Å²) in [5, 5.41) is 3.51. The molecule has 1 fully saturated rings. The second-order valence-electron chi connectivity index (χ2n) is 7.34. The summed E-state index contributed by atoms with van der Waals surface area (Å²) in [7, 11) is 1.87. The van der Waals surface area contributed by atoms with E-state index in [4.69, 9.17) is 0 Å². The Kier molecular flexibility index (Phi) is 8.72. The summed E-state index contributed by atoms with van der Waals surface area (Å²) in [6, 6.07) is 4.15. The van der Waals surface area contributed by atoms with Gasteiger partial charge in [-0.1, -0.05) is 32.8 Å². The lowest BCUT2D eigenvalue weighted by Crippen LogP contribution is -2.40. The topological polar surface area (TPSA) is 58.3 Å². The van der Waals surface area contributed by atoms with E-state index < -0.39 is 0 Å². The fraction of sp³-hybridized carbons (Fsp3) is 0.571. The molecular formula is C21H33IN6. The van der Waals surface area contributed by atoms with Crippen LogP contribution in [-0.4, -0.2) is 45.5 Å². The van der Waals surface area contributed by atoms with Gasteiger partial charge >= 0.3 is 0 Å². The highest BCUT2D eigenvalue weighted by Gasteiger charge is 2.29. The number of aromatic nitrogens is 3. The number of nitrogens with one attached hydrogen (secondary N) is 1. The molecule has 0 bridgehead atoms. The summed E-state index contributed by atoms with van der Waals surface area (Å²) in [5.74, 6) is 4.45. The van der Waals surface area contributed by atoms with Gasteiger partial charge in [0.25, 0.3) is 0 Å². The molecule has 154 valence electrons. The van der Waals surface area contributed by atoms with E-state index in [9.17, 15) is 0 Å². The van der Waals surface area contributed by atoms with E-state index >= 15 is 0 Å². The summed E-state index contributed by atoms with van der Waals surface area (Å²) in [5.41, 5.74) is 1.15. The van der Waals surface area contributed by atoms with Crippen LogP contribution < -0.4 is 5.32 Å². The Balaban J connectivity index is 0.00000280. The standard InChI is InChI=1S/C21H32N6.HI/c1-5-18(6-2)19-9-11-26(15-19)21(22-4)25-14-17-7-8-20(24-13-17)27-12-10-23-16(27)3;/h7-8,10,12-13,18-19H,5-6,9,11,14-15H2,1-4H3,(H,22,25);1H. The van der Waals surface area contributed by atoms with Crippen molar-refractivity contribution in [1.29, 1.82) is 0 Å². The van der Waals surface area contributed by atoms with Crippen molar-refractivity contribution < 1.29 is 0 Å². The number of hydrogen-bond acceptors (Lipinski definition) is 3. The van der Waals surface area contributed by atoms with Crippen LogP contribution in [0.5, 0.6) is 0 Å². The number of aliphatic imine (C=N–C) groups is 1. The Morgan fingerprint density at radius 3 is 2.64 bits per heavy atom. The average molecular weight is 496 g/mol. The van der Waals surface area contributed by atoms with Crippen molar-refractivity contribution in [2.45, 2.75) is 46.6 Å². The zero-order chi connectivity index (χ0) is 19.2. The summed E-state index contributed by atoms with van der Waals surface area (Å²) in [6.45, 7) is 9.54. The number of aryl methyl sites for hydroxylation is 1. The van der Waals surface area contributed by atoms with Gasteiger partial charge in [-0.3, -0.25) is 9.56 Å². The molecule has 0 aliphatic carbocycles. The first kappa shape index (κ1) is 22.6. The van der Waals surface area contributed by atoms with Gasteiger partial charge in [0.2, 0.25) is 0 Å². The third kappa shape index (κ3) is 5.24. The highest BCUT2D eigenvalue weighted by Crippen LogP contribution is 2.28. The second-order valence-corrected chi connectivity index (χ2v) is 7.34. The molecule has 0 radical (unpaired) electrons. The zero-order valence-corrected chi connectivity index (χ0v) is 19.8. The molecule has 1 aliphatic rings. The molecule has 6 nitrogen and oxygen atoms in total. The van der Waals surface area contributed by atoms with Gasteiger partial charge in [0.05, 0.1) is 0 Å². The van der Waals surface area contributed by atoms with Gasteiger partial charge in [-0.2, -0.15) is 0 Å². The highest BCUT2D eigenvalue weighted by atomic mass is 127. The summed E-state index contributed by atoms with van der Waals surface area (Å²) < 4.78 is 1.98. The van der Waals surface area contributed by atoms with Crippen LogP contribution in [0.15, 0.2) is 35.7 Å². The van der Waals surface area contributed by atoms with Gasteiger partial charge in [0.15, 0.2) is 5.96 Å². The third-order valence-electron chi connectivity index (χ3n) is 5.78. The average Bonchev–Trinajstić information content (AvgIpc) is 3.34. The quantitative estimate of drug-likeness (QED) is 0.373. The predicted molar refractivity (Wildman–Crippen MR) is 125 cm³/mol. The number of rotatable bonds is 6. The van der Waals surface area contributed by atoms with Gasteiger partial charge in [-0.15, -0.1) is 24.0 Å². The predicted octanol–water partition coefficient (Wildman–Crippen LogP) is 4.03. The van der Waals surface area contributed by atoms with E-state index in [0.29, 0.717) is 0 Å². The Bertz CT molecular complexity index is 751. The smallest absolute Gasteiger partial charge is 0.193 e. The molecule has 1 atom stereocenters. The van der Waals surface area contributed by atoms with E-state index in [1.807, 2.05) is 37.0 Å². The van der Waals surface area contributed by atoms with Gasteiger partial charge in [-0.25, -0.2) is 9.97 Å². The summed E-state index contributed by atoms with van der Waals surface area (Å²) in [4.78, 5) is 15.7. The van der Waals surface area contributed by atoms with Crippen molar-refractivity contribution in [2.75, 3.05) is 20.1 Å². The fourth-order valence-corrected chi connectivity index (χ4v) is 4.12. The summed E-state index contributed by atoms with van der Waals surface area (Å²) >= 11 is 0. The summed E-state index contributed by atoms with van der Waals surface area (Å²) in [6.07, 6.45) is 9.47. The molecule has 1 unspecified atom stereocenters. The number of guanidine groups is 1. The van der Waals surface area contributed by atoms with E-state index in [-0.39, 0.29) is 24.0 Å². The van der Waals surface area contributed by atoms with Crippen molar-refractivity contribution in [3.63, 3.8) is 0 Å². The number of hydrogen-bond donors (Lipinski definition) is 1. The van der Waals surface area contributed by atoms with E-state index in [2.05, 4.69) is 45.1 Å². The van der Waals surface area contributed by atoms with Crippen LogP contribution in [0.3, 0.4) is 0 Å². The first-order valence-corrected chi connectivity index (χ1v) is 10.1. The molecule has 7 heteroatoms. The van der Waals surface area contributed by atoms with Crippen LogP contribution in [0.1, 0.15) is 44.5 Å². The molecule has 0 saturated carbocycles. The lowest BCUT2D eigenvalue weighted by atomic mass is 9.87. The lowest BCUT2D eigenvalue weighted by Gasteiger charge is -2.24. The van der Waals surface area contributed by atoms with Gasteiger partial charge in [0.1, 0.15) is 11.6 Å². The molecule has 2 aromatic rings. The number of likely N-dealkylation sites (tertiary alicyclic amines) is 1. The first-order valence-electron chi connectivity index (χ1n) is 10.1. The van der Waals surface area contributed by atoms with E-state index in [1.165, 1.54) is 19.3 Å². The molecule has 0 spiro atoms. The Morgan fingerprint density at radius 1 is 1.29 bits per heavy atom. The molecule has 0 aromatic carbocycles. The monoisotopic (exact) mass is 496 g/mol. The van der Waals surface area contributed by atoms with E-state index in [1.54, 1.807) is 6.20 Å². The van der Waals surface area contributed by atoms with Gasteiger partial charge in [-0.05, 0) is 36.8 Å². The maximum absolute atomic E-state index is 4.57. The lowest BCUT2D eigenvalue weighted by molar-refractivity contribution is 0.319. The minimum Gasteiger partial charge on any atom is -0.352 e. The minimum atomic E-state index is 0. The van der Waals surface area contributed by atoms with Crippen molar-refractivity contribution in [3.05, 3.63) is 42.1 Å². The SMILES string of the molecule is CCC(CC)C1CCN(C(=NC)NCc2ccc(-n3ccnc3C)nc2)C1.I. The normalized spacial score (nSPS) is 17.1. The van der Waals surface area contributed by atoms with Crippen LogP contribution in [0.2, 0.25) is 0 Å². The van der Waals surface area contributed by atoms with E-state index in [0.717, 1.165) is 54.6 Å². The maximum Gasteiger partial charge on any atom is 0.193 e. The molecular weight excluding hydrogens is 463 g/mol. The van der Waals surface area contributed by atoms with Crippen LogP contribution in [0.4, 0.5) is 0 Å². The number of pyridine rings is 1. The van der Waals surface area contributed by atoms with Crippen molar-refractivity contribution in [1.82, 2.24) is 24.8 Å². The fourth-order valence-electron chi connectivity index (χ4n) is 4.12. The van der Waals surface area contributed by atoms with Crippen molar-refractivity contribution >= 4 is 29.9 Å². The molecule has 28 heavy (non-hydrogen) atoms. The Morgan fingerprint density at radius 2 is 2.07 bits per heavy atom. The van der Waals surface area contributed by atoms with Crippen molar-refractivity contribution in [2.24, 2.45) is 16.8 Å². The number of nitrogens with zero attached hydrogens (tertiary/aromatic N) is 5. The first-order chi connectivity index (χ1) is 13.2. The molecule has 1 aliphatic heterocycles. The van der Waals surface area contributed by atoms with Crippen LogP contribution >= 0.6 is 24.0 Å². The largest absolute Gasteiger partial charge is 0.352 e. The van der Waals surface area contributed by atoms with Crippen molar-refractivity contribution in [3.8, 4) is 5.82 Å². The third-order valence-corrected chi connectivity index (χ3v) is 5.78. The van der Waals surface area contributed by atoms with Gasteiger partial charge in [0, 0.05) is 45.3 Å². The van der Waals surface area contributed by atoms with Crippen LogP contribution in [-0.2, 0) is 6.54 Å². The Hall–Kier alpha value is -1.64. The molecule has 3 rings (SSSR count). The van der Waals surface area contributed by atoms with Crippen LogP contribution in [0, 0.1) is 18.8 Å². The maximum atomic E-state index is 4.57. The molecule has 3 heterocycles.